The third kappa shape index (κ3) is 3.33. The maximum atomic E-state index is 9.06. The van der Waals surface area contributed by atoms with E-state index in [2.05, 4.69) is 9.97 Å². The molecular weight excluding hydrogens is 252 g/mol. The second-order valence-electron chi connectivity index (χ2n) is 4.79. The standard InChI is InChI=1S/C16H20N2O2/c1-11-15(7-8-19)12(2)18-16(17-11)10-13-5-4-6-14(9-13)20-3/h4-6,9,19H,7-8,10H2,1-3H3. The Balaban J connectivity index is 2.25. The van der Waals surface area contributed by atoms with E-state index in [0.717, 1.165) is 34.1 Å². The third-order valence-corrected chi connectivity index (χ3v) is 3.33. The average molecular weight is 272 g/mol. The van der Waals surface area contributed by atoms with Crippen LogP contribution in [0.4, 0.5) is 0 Å². The van der Waals surface area contributed by atoms with Gasteiger partial charge < -0.3 is 9.84 Å². The number of hydrogen-bond donors (Lipinski definition) is 1. The smallest absolute Gasteiger partial charge is 0.133 e. The number of methoxy groups -OCH3 is 1. The van der Waals surface area contributed by atoms with E-state index in [-0.39, 0.29) is 6.61 Å². The number of aliphatic hydroxyl groups is 1. The molecule has 0 aliphatic heterocycles. The minimum absolute atomic E-state index is 0.125. The zero-order chi connectivity index (χ0) is 14.5. The molecule has 2 aromatic rings. The van der Waals surface area contributed by atoms with Crippen molar-refractivity contribution < 1.29 is 9.84 Å². The van der Waals surface area contributed by atoms with Gasteiger partial charge in [-0.05, 0) is 43.5 Å². The van der Waals surface area contributed by atoms with Crippen LogP contribution >= 0.6 is 0 Å². The molecule has 0 bridgehead atoms. The number of benzene rings is 1. The quantitative estimate of drug-likeness (QED) is 0.907. The number of rotatable bonds is 5. The third-order valence-electron chi connectivity index (χ3n) is 3.33. The molecule has 106 valence electrons. The highest BCUT2D eigenvalue weighted by Gasteiger charge is 2.09. The molecule has 0 unspecified atom stereocenters. The number of hydrogen-bond acceptors (Lipinski definition) is 4. The van der Waals surface area contributed by atoms with Crippen molar-refractivity contribution in [2.75, 3.05) is 13.7 Å². The molecule has 0 saturated carbocycles. The molecule has 1 N–H and O–H groups in total. The van der Waals surface area contributed by atoms with E-state index in [1.54, 1.807) is 7.11 Å². The predicted molar refractivity (Wildman–Crippen MR) is 78.1 cm³/mol. The molecule has 0 atom stereocenters. The molecule has 0 spiro atoms. The van der Waals surface area contributed by atoms with Crippen molar-refractivity contribution in [2.24, 2.45) is 0 Å². The van der Waals surface area contributed by atoms with E-state index in [9.17, 15) is 0 Å². The first-order valence-electron chi connectivity index (χ1n) is 6.71. The number of ether oxygens (including phenoxy) is 1. The highest BCUT2D eigenvalue weighted by molar-refractivity contribution is 5.31. The Kier molecular flexibility index (Phi) is 4.69. The van der Waals surface area contributed by atoms with Crippen molar-refractivity contribution in [1.82, 2.24) is 9.97 Å². The van der Waals surface area contributed by atoms with Crippen molar-refractivity contribution in [2.45, 2.75) is 26.7 Å². The fourth-order valence-electron chi connectivity index (χ4n) is 2.33. The molecule has 1 aromatic carbocycles. The first kappa shape index (κ1) is 14.5. The summed E-state index contributed by atoms with van der Waals surface area (Å²) in [6.07, 6.45) is 1.29. The first-order chi connectivity index (χ1) is 9.63. The lowest BCUT2D eigenvalue weighted by Gasteiger charge is -2.10. The van der Waals surface area contributed by atoms with E-state index in [0.29, 0.717) is 12.8 Å². The largest absolute Gasteiger partial charge is 0.497 e. The van der Waals surface area contributed by atoms with Crippen LogP contribution in [0.2, 0.25) is 0 Å². The van der Waals surface area contributed by atoms with Gasteiger partial charge in [0, 0.05) is 24.4 Å². The highest BCUT2D eigenvalue weighted by Crippen LogP contribution is 2.16. The summed E-state index contributed by atoms with van der Waals surface area (Å²) in [5, 5.41) is 9.06. The summed E-state index contributed by atoms with van der Waals surface area (Å²) in [6.45, 7) is 4.06. The number of nitrogens with zero attached hydrogens (tertiary/aromatic N) is 2. The summed E-state index contributed by atoms with van der Waals surface area (Å²) >= 11 is 0. The molecule has 0 amide bonds. The van der Waals surface area contributed by atoms with Gasteiger partial charge >= 0.3 is 0 Å². The van der Waals surface area contributed by atoms with Crippen LogP contribution in [0.3, 0.4) is 0 Å². The molecule has 0 saturated heterocycles. The van der Waals surface area contributed by atoms with Crippen LogP contribution < -0.4 is 4.74 Å². The molecule has 0 radical (unpaired) electrons. The van der Waals surface area contributed by atoms with Crippen molar-refractivity contribution in [3.8, 4) is 5.75 Å². The lowest BCUT2D eigenvalue weighted by atomic mass is 10.1. The van der Waals surface area contributed by atoms with Crippen LogP contribution in [0.5, 0.6) is 5.75 Å². The Hall–Kier alpha value is -1.94. The maximum Gasteiger partial charge on any atom is 0.133 e. The van der Waals surface area contributed by atoms with Crippen molar-refractivity contribution >= 4 is 0 Å². The summed E-state index contributed by atoms with van der Waals surface area (Å²) in [7, 11) is 1.66. The molecule has 20 heavy (non-hydrogen) atoms. The van der Waals surface area contributed by atoms with Gasteiger partial charge in [0.2, 0.25) is 0 Å². The van der Waals surface area contributed by atoms with Crippen LogP contribution in [0.15, 0.2) is 24.3 Å². The molecule has 0 aliphatic rings. The summed E-state index contributed by atoms with van der Waals surface area (Å²) < 4.78 is 5.22. The summed E-state index contributed by atoms with van der Waals surface area (Å²) in [4.78, 5) is 9.08. The van der Waals surface area contributed by atoms with Gasteiger partial charge in [-0.2, -0.15) is 0 Å². The average Bonchev–Trinajstić information content (AvgIpc) is 2.43. The fraction of sp³-hybridized carbons (Fsp3) is 0.375. The highest BCUT2D eigenvalue weighted by atomic mass is 16.5. The Bertz CT molecular complexity index is 574. The lowest BCUT2D eigenvalue weighted by Crippen LogP contribution is -2.07. The van der Waals surface area contributed by atoms with Gasteiger partial charge in [0.15, 0.2) is 0 Å². The molecular formula is C16H20N2O2. The molecule has 1 heterocycles. The van der Waals surface area contributed by atoms with Crippen LogP contribution in [0, 0.1) is 13.8 Å². The minimum Gasteiger partial charge on any atom is -0.497 e. The molecule has 1 aromatic heterocycles. The molecule has 0 aliphatic carbocycles. The van der Waals surface area contributed by atoms with Gasteiger partial charge in [-0.25, -0.2) is 9.97 Å². The van der Waals surface area contributed by atoms with Crippen molar-refractivity contribution in [1.29, 1.82) is 0 Å². The zero-order valence-corrected chi connectivity index (χ0v) is 12.2. The Morgan fingerprint density at radius 2 is 1.85 bits per heavy atom. The summed E-state index contributed by atoms with van der Waals surface area (Å²) in [5.41, 5.74) is 4.06. The van der Waals surface area contributed by atoms with Gasteiger partial charge in [0.1, 0.15) is 11.6 Å². The van der Waals surface area contributed by atoms with E-state index < -0.39 is 0 Å². The normalized spacial score (nSPS) is 10.6. The predicted octanol–water partition coefficient (Wildman–Crippen LogP) is 2.23. The van der Waals surface area contributed by atoms with Crippen molar-refractivity contribution in [3.63, 3.8) is 0 Å². The molecule has 4 heteroatoms. The number of aliphatic hydroxyl groups excluding tert-OH is 1. The Labute approximate surface area is 119 Å². The second-order valence-corrected chi connectivity index (χ2v) is 4.79. The lowest BCUT2D eigenvalue weighted by molar-refractivity contribution is 0.298. The van der Waals surface area contributed by atoms with Gasteiger partial charge in [0.25, 0.3) is 0 Å². The van der Waals surface area contributed by atoms with Gasteiger partial charge in [-0.1, -0.05) is 12.1 Å². The van der Waals surface area contributed by atoms with E-state index >= 15 is 0 Å². The van der Waals surface area contributed by atoms with Crippen LogP contribution in [0.25, 0.3) is 0 Å². The zero-order valence-electron chi connectivity index (χ0n) is 12.2. The van der Waals surface area contributed by atoms with Gasteiger partial charge in [-0.15, -0.1) is 0 Å². The van der Waals surface area contributed by atoms with E-state index in [1.165, 1.54) is 0 Å². The van der Waals surface area contributed by atoms with Crippen LogP contribution in [0.1, 0.15) is 28.3 Å². The van der Waals surface area contributed by atoms with Crippen LogP contribution in [-0.4, -0.2) is 28.8 Å². The monoisotopic (exact) mass is 272 g/mol. The van der Waals surface area contributed by atoms with Crippen molar-refractivity contribution in [3.05, 3.63) is 52.6 Å². The Morgan fingerprint density at radius 3 is 2.45 bits per heavy atom. The maximum absolute atomic E-state index is 9.06. The minimum atomic E-state index is 0.125. The molecule has 4 nitrogen and oxygen atoms in total. The van der Waals surface area contributed by atoms with E-state index in [1.807, 2.05) is 38.1 Å². The first-order valence-corrected chi connectivity index (χ1v) is 6.71. The second kappa shape index (κ2) is 6.48. The van der Waals surface area contributed by atoms with Crippen LogP contribution in [-0.2, 0) is 12.8 Å². The SMILES string of the molecule is COc1cccc(Cc2nc(C)c(CCO)c(C)n2)c1. The topological polar surface area (TPSA) is 55.2 Å². The molecule has 2 rings (SSSR count). The number of aromatic nitrogens is 2. The van der Waals surface area contributed by atoms with E-state index in [4.69, 9.17) is 9.84 Å². The number of aryl methyl sites for hydroxylation is 2. The Morgan fingerprint density at radius 1 is 1.15 bits per heavy atom. The summed E-state index contributed by atoms with van der Waals surface area (Å²) in [5.74, 6) is 1.64. The van der Waals surface area contributed by atoms with Gasteiger partial charge in [0.05, 0.1) is 7.11 Å². The molecule has 0 fully saturated rings. The van der Waals surface area contributed by atoms with Gasteiger partial charge in [-0.3, -0.25) is 0 Å². The summed E-state index contributed by atoms with van der Waals surface area (Å²) in [6, 6.07) is 7.92. The fourth-order valence-corrected chi connectivity index (χ4v) is 2.33.